The summed E-state index contributed by atoms with van der Waals surface area (Å²) in [7, 11) is 0. The molecule has 10 heteroatoms. The van der Waals surface area contributed by atoms with Crippen molar-refractivity contribution >= 4 is 40.6 Å². The number of carbonyl (C=O) groups excluding carboxylic acids is 2. The van der Waals surface area contributed by atoms with E-state index >= 15 is 0 Å². The fourth-order valence-electron chi connectivity index (χ4n) is 7.13. The van der Waals surface area contributed by atoms with E-state index in [0.717, 1.165) is 38.9 Å². The van der Waals surface area contributed by atoms with Crippen molar-refractivity contribution in [2.75, 3.05) is 4.90 Å². The van der Waals surface area contributed by atoms with Gasteiger partial charge in [-0.25, -0.2) is 0 Å². The van der Waals surface area contributed by atoms with Crippen LogP contribution in [0.3, 0.4) is 0 Å². The summed E-state index contributed by atoms with van der Waals surface area (Å²) in [5, 5.41) is 0.869. The van der Waals surface area contributed by atoms with Gasteiger partial charge in [-0.05, 0) is 47.9 Å². The maximum Gasteiger partial charge on any atom is 0.416 e. The first-order valence-electron chi connectivity index (χ1n) is 11.7. The Morgan fingerprint density at radius 3 is 2.36 bits per heavy atom. The summed E-state index contributed by atoms with van der Waals surface area (Å²) in [5.74, 6) is -2.09. The molecular formula is C26H19F3N2O3S2. The second-order valence-corrected chi connectivity index (χ2v) is 12.1. The maximum atomic E-state index is 13.7. The van der Waals surface area contributed by atoms with E-state index in [2.05, 4.69) is 4.98 Å². The second-order valence-electron chi connectivity index (χ2n) is 9.93. The van der Waals surface area contributed by atoms with E-state index < -0.39 is 35.4 Å². The topological polar surface area (TPSA) is 70.2 Å². The Kier molecular flexibility index (Phi) is 4.71. The van der Waals surface area contributed by atoms with E-state index in [1.807, 2.05) is 30.3 Å². The van der Waals surface area contributed by atoms with Crippen molar-refractivity contribution in [2.45, 2.75) is 28.8 Å². The monoisotopic (exact) mass is 528 g/mol. The van der Waals surface area contributed by atoms with Gasteiger partial charge in [0.15, 0.2) is 0 Å². The third kappa shape index (κ3) is 3.00. The van der Waals surface area contributed by atoms with Gasteiger partial charge in [-0.2, -0.15) is 13.2 Å². The molecule has 184 valence electrons. The van der Waals surface area contributed by atoms with Gasteiger partial charge in [-0.15, -0.1) is 11.8 Å². The smallest absolute Gasteiger partial charge is 0.307 e. The van der Waals surface area contributed by atoms with Gasteiger partial charge >= 0.3 is 11.0 Å². The fraction of sp³-hybridized carbons (Fsp3) is 0.346. The van der Waals surface area contributed by atoms with Crippen LogP contribution in [0, 0.1) is 29.6 Å². The highest BCUT2D eigenvalue weighted by Gasteiger charge is 2.69. The summed E-state index contributed by atoms with van der Waals surface area (Å²) in [6.07, 6.45) is -3.84. The molecule has 2 aliphatic heterocycles. The minimum atomic E-state index is -4.57. The first-order chi connectivity index (χ1) is 17.2. The van der Waals surface area contributed by atoms with E-state index in [1.165, 1.54) is 23.5 Å². The van der Waals surface area contributed by atoms with Crippen LogP contribution in [0.25, 0.3) is 0 Å². The van der Waals surface area contributed by atoms with Gasteiger partial charge in [-0.3, -0.25) is 19.3 Å². The standard InChI is InChI=1S/C26H19F3N2O3S2/c27-26(28,29)12-7-4-8-13(9-12)31-23(32)18-14-10-15(19(18)24(31)33)20-17(14)16(11-5-2-1-3-6-11)21-22(35-20)30-25(34)36-21/h1-9,14-20H,10H2,(H,30,34)/t14-,15+,16-,17+,18+,19+,20-/m1/s1. The van der Waals surface area contributed by atoms with Gasteiger partial charge in [0.05, 0.1) is 28.1 Å². The quantitative estimate of drug-likeness (QED) is 0.468. The molecule has 5 nitrogen and oxygen atoms in total. The molecule has 2 aromatic carbocycles. The number of aromatic amines is 1. The minimum absolute atomic E-state index is 0.0210. The third-order valence-corrected chi connectivity index (χ3v) is 10.9. The molecule has 2 aliphatic carbocycles. The van der Waals surface area contributed by atoms with E-state index in [-0.39, 0.29) is 39.5 Å². The molecule has 1 aromatic heterocycles. The lowest BCUT2D eigenvalue weighted by Crippen LogP contribution is -2.42. The van der Waals surface area contributed by atoms with Crippen molar-refractivity contribution in [3.63, 3.8) is 0 Å². The molecule has 2 saturated carbocycles. The Bertz CT molecular complexity index is 1470. The summed E-state index contributed by atoms with van der Waals surface area (Å²) in [6, 6.07) is 14.4. The zero-order valence-electron chi connectivity index (χ0n) is 18.6. The zero-order chi connectivity index (χ0) is 24.9. The van der Waals surface area contributed by atoms with Gasteiger partial charge in [0.1, 0.15) is 0 Å². The summed E-state index contributed by atoms with van der Waals surface area (Å²) in [5.41, 5.74) is 0.162. The zero-order valence-corrected chi connectivity index (χ0v) is 20.2. The molecule has 0 unspecified atom stereocenters. The molecule has 7 atom stereocenters. The number of thiazole rings is 1. The average Bonchev–Trinajstić information content (AvgIpc) is 3.58. The Balaban J connectivity index is 1.30. The average molecular weight is 529 g/mol. The summed E-state index contributed by atoms with van der Waals surface area (Å²) < 4.78 is 40.0. The molecule has 0 spiro atoms. The number of halogens is 3. The van der Waals surface area contributed by atoms with Crippen molar-refractivity contribution < 1.29 is 22.8 Å². The highest BCUT2D eigenvalue weighted by Crippen LogP contribution is 2.68. The molecule has 0 radical (unpaired) electrons. The molecule has 7 rings (SSSR count). The van der Waals surface area contributed by atoms with Crippen LogP contribution in [0.5, 0.6) is 0 Å². The molecule has 3 aromatic rings. The van der Waals surface area contributed by atoms with Crippen molar-refractivity contribution in [2.24, 2.45) is 29.6 Å². The number of benzene rings is 2. The molecule has 2 bridgehead atoms. The number of fused-ring (bicyclic) bond motifs is 9. The highest BCUT2D eigenvalue weighted by atomic mass is 32.2. The number of hydrogen-bond acceptors (Lipinski definition) is 5. The number of aromatic nitrogens is 1. The number of H-pyrrole nitrogens is 1. The first kappa shape index (κ1) is 22.4. The molecule has 1 N–H and O–H groups in total. The van der Waals surface area contributed by atoms with E-state index in [0.29, 0.717) is 0 Å². The lowest BCUT2D eigenvalue weighted by Gasteiger charge is -2.43. The predicted octanol–water partition coefficient (Wildman–Crippen LogP) is 5.13. The predicted molar refractivity (Wildman–Crippen MR) is 129 cm³/mol. The second kappa shape index (κ2) is 7.58. The normalized spacial score (nSPS) is 32.5. The molecule has 3 fully saturated rings. The van der Waals surface area contributed by atoms with Crippen molar-refractivity contribution in [1.29, 1.82) is 0 Å². The van der Waals surface area contributed by atoms with Crippen LogP contribution in [-0.2, 0) is 15.8 Å². The van der Waals surface area contributed by atoms with Crippen molar-refractivity contribution in [1.82, 2.24) is 4.98 Å². The molecular weight excluding hydrogens is 509 g/mol. The summed E-state index contributed by atoms with van der Waals surface area (Å²) in [4.78, 5) is 44.3. The Morgan fingerprint density at radius 1 is 0.917 bits per heavy atom. The van der Waals surface area contributed by atoms with Crippen LogP contribution >= 0.6 is 23.1 Å². The summed E-state index contributed by atoms with van der Waals surface area (Å²) >= 11 is 2.79. The lowest BCUT2D eigenvalue weighted by molar-refractivity contribution is -0.137. The van der Waals surface area contributed by atoms with Gasteiger partial charge in [0, 0.05) is 16.0 Å². The van der Waals surface area contributed by atoms with Gasteiger partial charge in [0.2, 0.25) is 11.8 Å². The van der Waals surface area contributed by atoms with Crippen molar-refractivity contribution in [3.05, 3.63) is 80.3 Å². The van der Waals surface area contributed by atoms with Crippen LogP contribution in [0.2, 0.25) is 0 Å². The summed E-state index contributed by atoms with van der Waals surface area (Å²) in [6.45, 7) is 0. The Morgan fingerprint density at radius 2 is 1.64 bits per heavy atom. The Hall–Kier alpha value is -2.85. The molecule has 4 aliphatic rings. The molecule has 36 heavy (non-hydrogen) atoms. The van der Waals surface area contributed by atoms with Gasteiger partial charge in [-0.1, -0.05) is 47.7 Å². The van der Waals surface area contributed by atoms with Crippen LogP contribution < -0.4 is 9.77 Å². The number of carbonyl (C=O) groups is 2. The van der Waals surface area contributed by atoms with E-state index in [9.17, 15) is 27.6 Å². The van der Waals surface area contributed by atoms with Crippen LogP contribution in [0.4, 0.5) is 18.9 Å². The van der Waals surface area contributed by atoms with Crippen LogP contribution in [0.15, 0.2) is 64.4 Å². The third-order valence-electron chi connectivity index (χ3n) is 8.31. The Labute approximate surface area is 211 Å². The minimum Gasteiger partial charge on any atom is -0.307 e. The highest BCUT2D eigenvalue weighted by molar-refractivity contribution is 8.00. The van der Waals surface area contributed by atoms with Gasteiger partial charge in [0.25, 0.3) is 0 Å². The lowest BCUT2D eigenvalue weighted by atomic mass is 9.68. The van der Waals surface area contributed by atoms with Crippen molar-refractivity contribution in [3.8, 4) is 0 Å². The number of alkyl halides is 3. The van der Waals surface area contributed by atoms with Gasteiger partial charge < -0.3 is 4.98 Å². The number of amides is 2. The largest absolute Gasteiger partial charge is 0.416 e. The fourth-order valence-corrected chi connectivity index (χ4v) is 10.0. The number of nitrogens with one attached hydrogen (secondary N) is 1. The number of hydrogen-bond donors (Lipinski definition) is 1. The SMILES string of the molecule is O=C1[C@H]2[C@@H]3C[C@@H]([C@@H]2C(=O)N1c1cccc(C(F)(F)F)c1)[C@H]1[C@@H](c2ccccc2)c2sc(=O)[nH]c2S[C@H]31. The van der Waals surface area contributed by atoms with E-state index in [4.69, 9.17) is 0 Å². The van der Waals surface area contributed by atoms with Crippen LogP contribution in [-0.4, -0.2) is 22.0 Å². The molecule has 3 heterocycles. The number of rotatable bonds is 2. The number of thioether (sulfide) groups is 1. The van der Waals surface area contributed by atoms with E-state index in [1.54, 1.807) is 11.8 Å². The molecule has 1 saturated heterocycles. The number of imide groups is 1. The first-order valence-corrected chi connectivity index (χ1v) is 13.4. The number of anilines is 1. The molecule has 2 amide bonds. The number of nitrogens with zero attached hydrogens (tertiary/aromatic N) is 1. The van der Waals surface area contributed by atoms with Crippen LogP contribution in [0.1, 0.15) is 28.3 Å². The maximum absolute atomic E-state index is 13.7.